The van der Waals surface area contributed by atoms with E-state index in [9.17, 15) is 9.59 Å². The first-order valence-electron chi connectivity index (χ1n) is 13.8. The van der Waals surface area contributed by atoms with E-state index < -0.39 is 37.4 Å². The zero-order valence-electron chi connectivity index (χ0n) is 23.2. The second-order valence-electron chi connectivity index (χ2n) is 9.71. The number of nitrogens with one attached hydrogen (secondary N) is 2. The molecule has 10 heteroatoms. The van der Waals surface area contributed by atoms with E-state index in [0.717, 1.165) is 0 Å². The topological polar surface area (TPSA) is 144 Å². The van der Waals surface area contributed by atoms with Gasteiger partial charge >= 0.3 is 0 Å². The van der Waals surface area contributed by atoms with Crippen molar-refractivity contribution in [2.45, 2.75) is 11.3 Å². The molecule has 0 saturated carbocycles. The van der Waals surface area contributed by atoms with E-state index in [0.29, 0.717) is 21.2 Å². The van der Waals surface area contributed by atoms with E-state index in [1.165, 1.54) is 0 Å². The van der Waals surface area contributed by atoms with Crippen LogP contribution >= 0.6 is 14.3 Å². The van der Waals surface area contributed by atoms with Gasteiger partial charge in [-0.1, -0.05) is 121 Å². The molecule has 0 aliphatic rings. The highest BCUT2D eigenvalue weighted by Gasteiger charge is 2.56. The van der Waals surface area contributed by atoms with Gasteiger partial charge in [-0.25, -0.2) is 0 Å². The molecule has 0 fully saturated rings. The molecule has 4 rings (SSSR count). The maximum atomic E-state index is 15.8. The van der Waals surface area contributed by atoms with Crippen LogP contribution in [-0.4, -0.2) is 49.3 Å². The Bertz CT molecular complexity index is 1350. The minimum Gasteiger partial charge on any atom is -0.354 e. The van der Waals surface area contributed by atoms with Crippen LogP contribution < -0.4 is 43.3 Å². The van der Waals surface area contributed by atoms with Crippen LogP contribution in [0.2, 0.25) is 0 Å². The Morgan fingerprint density at radius 2 is 0.738 bits per heavy atom. The van der Waals surface area contributed by atoms with Crippen LogP contribution in [0.15, 0.2) is 121 Å². The number of benzene rings is 4. The summed E-state index contributed by atoms with van der Waals surface area (Å²) in [5.74, 6) is -1.34. The van der Waals surface area contributed by atoms with E-state index in [4.69, 9.17) is 11.5 Å². The van der Waals surface area contributed by atoms with Gasteiger partial charge < -0.3 is 31.2 Å². The van der Waals surface area contributed by atoms with Crippen molar-refractivity contribution in [1.82, 2.24) is 10.6 Å². The Labute approximate surface area is 246 Å². The van der Waals surface area contributed by atoms with Crippen LogP contribution in [0.1, 0.15) is 0 Å². The number of nitrogens with two attached hydrogens (primary N) is 2. The highest BCUT2D eigenvalue weighted by Crippen LogP contribution is 2.60. The number of amides is 2. The zero-order chi connectivity index (χ0) is 30.0. The van der Waals surface area contributed by atoms with Gasteiger partial charge in [-0.3, -0.25) is 9.59 Å². The van der Waals surface area contributed by atoms with E-state index in [-0.39, 0.29) is 26.2 Å². The van der Waals surface area contributed by atoms with Crippen LogP contribution in [0, 0.1) is 0 Å². The first-order valence-corrected chi connectivity index (χ1v) is 17.3. The van der Waals surface area contributed by atoms with E-state index in [2.05, 4.69) is 10.6 Å². The van der Waals surface area contributed by atoms with Crippen LogP contribution in [0.4, 0.5) is 0 Å². The van der Waals surface area contributed by atoms with Gasteiger partial charge in [0.2, 0.25) is 11.8 Å². The minimum atomic E-state index is -4.03. The van der Waals surface area contributed by atoms with Gasteiger partial charge in [0.15, 0.2) is 14.3 Å². The Morgan fingerprint density at radius 3 is 0.952 bits per heavy atom. The van der Waals surface area contributed by atoms with Gasteiger partial charge in [-0.15, -0.1) is 0 Å². The number of hydrogen-bond acceptors (Lipinski definition) is 6. The fourth-order valence-corrected chi connectivity index (χ4v) is 12.5. The maximum absolute atomic E-state index is 15.8. The Morgan fingerprint density at radius 1 is 0.500 bits per heavy atom. The monoisotopic (exact) mass is 602 g/mol. The van der Waals surface area contributed by atoms with Gasteiger partial charge in [0.1, 0.15) is 11.3 Å². The molecule has 0 aromatic heterocycles. The van der Waals surface area contributed by atoms with Gasteiger partial charge in [0.05, 0.1) is 0 Å². The van der Waals surface area contributed by atoms with Crippen molar-refractivity contribution in [2.75, 3.05) is 26.2 Å². The minimum absolute atomic E-state index is 0.0804. The first-order chi connectivity index (χ1) is 20.4. The van der Waals surface area contributed by atoms with Crippen LogP contribution in [-0.2, 0) is 18.7 Å². The maximum Gasteiger partial charge on any atom is 0.232 e. The zero-order valence-corrected chi connectivity index (χ0v) is 25.0. The Hall–Kier alpha value is -3.80. The third-order valence-corrected chi connectivity index (χ3v) is 14.2. The molecule has 0 spiro atoms. The highest BCUT2D eigenvalue weighted by atomic mass is 31.2. The lowest BCUT2D eigenvalue weighted by Crippen LogP contribution is -2.54. The molecule has 0 radical (unpaired) electrons. The van der Waals surface area contributed by atoms with Crippen LogP contribution in [0.5, 0.6) is 0 Å². The normalized spacial score (nSPS) is 13.1. The van der Waals surface area contributed by atoms with E-state index >= 15 is 9.13 Å². The molecule has 0 heterocycles. The van der Waals surface area contributed by atoms with Crippen molar-refractivity contribution in [3.63, 3.8) is 0 Å². The molecule has 42 heavy (non-hydrogen) atoms. The van der Waals surface area contributed by atoms with Crippen molar-refractivity contribution in [3.05, 3.63) is 121 Å². The Balaban J connectivity index is 2.13. The summed E-state index contributed by atoms with van der Waals surface area (Å²) in [5.41, 5.74) is 8.38. The van der Waals surface area contributed by atoms with Crippen LogP contribution in [0.25, 0.3) is 0 Å². The molecule has 4 aromatic rings. The molecule has 0 aliphatic heterocycles. The molecular weight excluding hydrogens is 566 g/mol. The van der Waals surface area contributed by atoms with Gasteiger partial charge in [0, 0.05) is 47.4 Å². The summed E-state index contributed by atoms with van der Waals surface area (Å²) in [7, 11) is -8.05. The Kier molecular flexibility index (Phi) is 10.7. The fraction of sp³-hybridized carbons (Fsp3) is 0.188. The lowest BCUT2D eigenvalue weighted by molar-refractivity contribution is -0.125. The third-order valence-electron chi connectivity index (χ3n) is 7.07. The first kappa shape index (κ1) is 31.1. The molecule has 4 aromatic carbocycles. The molecule has 0 aliphatic carbocycles. The summed E-state index contributed by atoms with van der Waals surface area (Å²) in [5, 5.41) is 7.04. The lowest BCUT2D eigenvalue weighted by Gasteiger charge is -2.37. The van der Waals surface area contributed by atoms with Crippen molar-refractivity contribution >= 4 is 47.3 Å². The molecule has 2 amide bonds. The number of rotatable bonds is 13. The smallest absolute Gasteiger partial charge is 0.232 e. The van der Waals surface area contributed by atoms with Crippen molar-refractivity contribution in [1.29, 1.82) is 0 Å². The number of hydrogen-bond donors (Lipinski definition) is 4. The molecule has 2 unspecified atom stereocenters. The molecule has 218 valence electrons. The predicted octanol–water partition coefficient (Wildman–Crippen LogP) is 1.90. The number of carbonyl (C=O) groups is 2. The van der Waals surface area contributed by atoms with Gasteiger partial charge in [-0.2, -0.15) is 0 Å². The largest absolute Gasteiger partial charge is 0.354 e. The number of carbonyl (C=O) groups excluding carboxylic acids is 2. The highest BCUT2D eigenvalue weighted by molar-refractivity contribution is 7.84. The second-order valence-corrected chi connectivity index (χ2v) is 15.5. The van der Waals surface area contributed by atoms with E-state index in [1.54, 1.807) is 121 Å². The fourth-order valence-electron chi connectivity index (χ4n) is 5.15. The molecular formula is C32H36N4O4P2. The average molecular weight is 603 g/mol. The summed E-state index contributed by atoms with van der Waals surface area (Å²) in [6, 6.07) is 34.5. The van der Waals surface area contributed by atoms with Crippen molar-refractivity contribution in [2.24, 2.45) is 11.5 Å². The standard InChI is InChI=1S/C32H36N4O4P2/c33-21-23-35-31(37)29(41(39,25-13-5-1-6-14-25)26-15-7-2-8-16-26)30(32(38)36-24-22-34)42(40,27-17-9-3-10-18-27)28-19-11-4-12-20-28/h1-20,29-30H,21-24,33-34H2,(H,35,37)(H,36,38). The van der Waals surface area contributed by atoms with E-state index in [1.807, 2.05) is 0 Å². The van der Waals surface area contributed by atoms with Gasteiger partial charge in [-0.05, 0) is 0 Å². The summed E-state index contributed by atoms with van der Waals surface area (Å²) in [6.45, 7) is 0.408. The molecule has 8 nitrogen and oxygen atoms in total. The van der Waals surface area contributed by atoms with Gasteiger partial charge in [0.25, 0.3) is 0 Å². The lowest BCUT2D eigenvalue weighted by atomic mass is 10.2. The quantitative estimate of drug-likeness (QED) is 0.172. The molecule has 2 atom stereocenters. The summed E-state index contributed by atoms with van der Waals surface area (Å²) in [6.07, 6.45) is 0. The van der Waals surface area contributed by atoms with Crippen LogP contribution in [0.3, 0.4) is 0 Å². The molecule has 0 bridgehead atoms. The molecule has 6 N–H and O–H groups in total. The third kappa shape index (κ3) is 6.33. The predicted molar refractivity (Wildman–Crippen MR) is 171 cm³/mol. The second kappa shape index (κ2) is 14.4. The summed E-state index contributed by atoms with van der Waals surface area (Å²) in [4.78, 5) is 28.7. The summed E-state index contributed by atoms with van der Waals surface area (Å²) >= 11 is 0. The van der Waals surface area contributed by atoms with Crippen molar-refractivity contribution < 1.29 is 18.7 Å². The summed E-state index contributed by atoms with van der Waals surface area (Å²) < 4.78 is 31.7. The molecule has 0 saturated heterocycles. The van der Waals surface area contributed by atoms with Crippen molar-refractivity contribution in [3.8, 4) is 0 Å². The SMILES string of the molecule is NCCNC(=O)C(C(C(=O)NCCN)P(=O)(c1ccccc1)c1ccccc1)P(=O)(c1ccccc1)c1ccccc1. The average Bonchev–Trinajstić information content (AvgIpc) is 3.05.